The Morgan fingerprint density at radius 1 is 0.224 bits per heavy atom. The van der Waals surface area contributed by atoms with E-state index in [0.29, 0.717) is 12.1 Å². The van der Waals surface area contributed by atoms with Gasteiger partial charge in [-0.15, -0.1) is 0 Å². The van der Waals surface area contributed by atoms with Crippen LogP contribution in [0.4, 0.5) is 0 Å². The van der Waals surface area contributed by atoms with Crippen LogP contribution in [-0.4, -0.2) is 57.8 Å². The summed E-state index contributed by atoms with van der Waals surface area (Å²) in [5.74, 6) is 0. The lowest BCUT2D eigenvalue weighted by Crippen LogP contribution is -2.18. The molecule has 10 rings (SSSR count). The van der Waals surface area contributed by atoms with Gasteiger partial charge in [-0.2, -0.15) is 40.8 Å². The summed E-state index contributed by atoms with van der Waals surface area (Å²) in [5, 5.41) is 47.8. The van der Waals surface area contributed by atoms with Gasteiger partial charge in [0.25, 0.3) is 0 Å². The Morgan fingerprint density at radius 3 is 0.840 bits per heavy atom. The van der Waals surface area contributed by atoms with E-state index in [-0.39, 0.29) is 0 Å². The zero-order valence-corrected chi connectivity index (χ0v) is 88.7. The third-order valence-corrected chi connectivity index (χ3v) is 18.8. The number of nitrogens with zero attached hydrogens (tertiary/aromatic N) is 8. The molecule has 0 atom stereocenters. The largest absolute Gasteiger partial charge is 0.307 e. The highest BCUT2D eigenvalue weighted by molar-refractivity contribution is 6.14. The number of hydrogen-bond donors (Lipinski definition) is 2. The average molecular weight is 1710 g/mol. The molecule has 2 N–H and O–H groups in total. The van der Waals surface area contributed by atoms with Gasteiger partial charge in [0.1, 0.15) is 0 Å². The molecule has 0 aromatic heterocycles. The Hall–Kier alpha value is -9.54. The monoisotopic (exact) mass is 1710 g/mol. The molecule has 694 valence electrons. The lowest BCUT2D eigenvalue weighted by Gasteiger charge is -2.14. The molecule has 0 spiro atoms. The molecule has 0 saturated carbocycles. The van der Waals surface area contributed by atoms with Crippen molar-refractivity contribution >= 4 is 99.6 Å². The fourth-order valence-electron chi connectivity index (χ4n) is 12.7. The van der Waals surface area contributed by atoms with Crippen LogP contribution in [0.15, 0.2) is 192 Å². The van der Waals surface area contributed by atoms with Gasteiger partial charge in [-0.25, -0.2) is 0 Å². The molecular formula is C115H184N10. The van der Waals surface area contributed by atoms with Crippen molar-refractivity contribution in [3.05, 3.63) is 235 Å². The first kappa shape index (κ1) is 124. The number of rotatable bonds is 22. The van der Waals surface area contributed by atoms with Crippen LogP contribution in [0.5, 0.6) is 0 Å². The molecule has 10 nitrogen and oxygen atoms in total. The summed E-state index contributed by atoms with van der Waals surface area (Å²) in [6.07, 6.45) is 10.5. The van der Waals surface area contributed by atoms with Crippen molar-refractivity contribution in [2.24, 2.45) is 40.8 Å². The fraction of sp³-hybridized carbons (Fsp3) is 0.496. The summed E-state index contributed by atoms with van der Waals surface area (Å²) in [7, 11) is 0. The molecule has 0 fully saturated rings. The van der Waals surface area contributed by atoms with Crippen LogP contribution in [0.1, 0.15) is 395 Å². The SMILES string of the molecule is CC.CC.CC.CC.CC.CC.CC.CC.CC.CC.CCc1cc(/C(C)=N/N=C(C)C)c2cc(CC)ccc2c1.CCc1cc(/C(C)=N/NC(C)C)c2cc(CC)ccc2c1.CCc1ccc(CC)c2cc(/C(C)=N\N=C(C)C)ccc12.CCc1ccc2c(/C(C)=N/N=C(C)C)c(CC)ccc2c1.CCc1ccc2c(/C(C)=N/NC(C)C)c(CC)ccc2c1. The molecular weight excluding hydrogens is 1520 g/mol. The van der Waals surface area contributed by atoms with Crippen LogP contribution in [0.3, 0.4) is 0 Å². The Morgan fingerprint density at radius 2 is 0.496 bits per heavy atom. The van der Waals surface area contributed by atoms with Gasteiger partial charge in [-0.05, 0) is 301 Å². The summed E-state index contributed by atoms with van der Waals surface area (Å²) in [4.78, 5) is 0. The third-order valence-electron chi connectivity index (χ3n) is 18.8. The maximum absolute atomic E-state index is 4.56. The van der Waals surface area contributed by atoms with Crippen LogP contribution in [0.2, 0.25) is 0 Å². The molecule has 0 aliphatic heterocycles. The van der Waals surface area contributed by atoms with E-state index in [1.54, 1.807) is 0 Å². The molecule has 0 bridgehead atoms. The summed E-state index contributed by atoms with van der Waals surface area (Å²) in [6.45, 7) is 92.4. The van der Waals surface area contributed by atoms with Crippen LogP contribution in [-0.2, 0) is 64.2 Å². The van der Waals surface area contributed by atoms with E-state index in [0.717, 1.165) is 115 Å². The number of benzene rings is 10. The average Bonchev–Trinajstić information content (AvgIpc) is 0.806. The van der Waals surface area contributed by atoms with Gasteiger partial charge in [0.05, 0.1) is 28.6 Å². The van der Waals surface area contributed by atoms with E-state index in [1.165, 1.54) is 132 Å². The highest BCUT2D eigenvalue weighted by atomic mass is 15.3. The zero-order chi connectivity index (χ0) is 97.0. The first-order valence-corrected chi connectivity index (χ1v) is 48.8. The molecule has 10 aromatic rings. The van der Waals surface area contributed by atoms with Crippen molar-refractivity contribution < 1.29 is 0 Å². The second-order valence-corrected chi connectivity index (χ2v) is 28.5. The Labute approximate surface area is 769 Å². The van der Waals surface area contributed by atoms with Gasteiger partial charge >= 0.3 is 0 Å². The molecule has 0 unspecified atom stereocenters. The minimum absolute atomic E-state index is 0.353. The number of fused-ring (bicyclic) bond motifs is 5. The van der Waals surface area contributed by atoms with Gasteiger partial charge in [-0.1, -0.05) is 341 Å². The van der Waals surface area contributed by atoms with E-state index in [4.69, 9.17) is 0 Å². The van der Waals surface area contributed by atoms with Crippen molar-refractivity contribution in [3.63, 3.8) is 0 Å². The second-order valence-electron chi connectivity index (χ2n) is 28.5. The first-order chi connectivity index (χ1) is 60.3. The molecule has 0 aliphatic rings. The maximum Gasteiger partial charge on any atom is 0.0680 e. The second kappa shape index (κ2) is 74.7. The lowest BCUT2D eigenvalue weighted by molar-refractivity contribution is 0.620. The van der Waals surface area contributed by atoms with Crippen molar-refractivity contribution in [1.29, 1.82) is 0 Å². The maximum atomic E-state index is 4.56. The van der Waals surface area contributed by atoms with Gasteiger partial charge in [-0.3, -0.25) is 0 Å². The molecule has 0 saturated heterocycles. The molecule has 0 aliphatic carbocycles. The van der Waals surface area contributed by atoms with Crippen molar-refractivity contribution in [1.82, 2.24) is 10.9 Å². The summed E-state index contributed by atoms with van der Waals surface area (Å²) < 4.78 is 0. The number of nitrogens with one attached hydrogen (secondary N) is 2. The predicted octanol–water partition coefficient (Wildman–Crippen LogP) is 35.1. The Balaban J connectivity index is -0.000000456. The van der Waals surface area contributed by atoms with E-state index >= 15 is 0 Å². The van der Waals surface area contributed by atoms with Gasteiger partial charge in [0.2, 0.25) is 0 Å². The van der Waals surface area contributed by atoms with Gasteiger partial charge in [0, 0.05) is 51.5 Å². The third kappa shape index (κ3) is 43.0. The quantitative estimate of drug-likeness (QED) is 0.0518. The van der Waals surface area contributed by atoms with Crippen molar-refractivity contribution in [2.75, 3.05) is 0 Å². The fourth-order valence-corrected chi connectivity index (χ4v) is 12.7. The topological polar surface area (TPSA) is 123 Å². The number of hydrazone groups is 2. The van der Waals surface area contributed by atoms with Crippen LogP contribution < -0.4 is 10.9 Å². The number of aryl methyl sites for hydroxylation is 10. The summed E-state index contributed by atoms with van der Waals surface area (Å²) in [6, 6.07) is 56.9. The summed E-state index contributed by atoms with van der Waals surface area (Å²) in [5.41, 5.74) is 34.1. The molecule has 10 heteroatoms. The molecule has 10 aromatic carbocycles. The normalized spacial score (nSPS) is 10.5. The van der Waals surface area contributed by atoms with Crippen molar-refractivity contribution in [2.45, 2.75) is 388 Å². The smallest absolute Gasteiger partial charge is 0.0680 e. The van der Waals surface area contributed by atoms with Crippen molar-refractivity contribution in [3.8, 4) is 0 Å². The zero-order valence-electron chi connectivity index (χ0n) is 88.7. The van der Waals surface area contributed by atoms with Gasteiger partial charge in [0.15, 0.2) is 0 Å². The minimum Gasteiger partial charge on any atom is -0.307 e. The standard InChI is InChI=1S/C19H26N2.C19H24N2.C19H26N2.2C19H24N2.10C2H6/c2*1-6-15-8-11-18-17(12-15)10-9-16(7-2)19(18)14(5)21-20-13(3)4;2*1-6-15-8-9-17-10-16(7-2)12-18(19(17)11-15)14(5)21-20-13(3)4;1-6-15-8-9-16(7-2)19-12-17(10-11-18(15)19)14(5)21-20-13(3)4;10*1-2/h8-13,20H,6-7H2,1-5H3;8-12H,6-7H2,1-5H3;8-13,20H,6-7H2,1-5H3;2*8-12H,6-7H2,1-5H3;10*1-2H3/b4*21-14+;21-14-;;;;;;;;;;. The molecule has 125 heavy (non-hydrogen) atoms. The van der Waals surface area contributed by atoms with Crippen LogP contribution >= 0.6 is 0 Å². The summed E-state index contributed by atoms with van der Waals surface area (Å²) >= 11 is 0. The first-order valence-electron chi connectivity index (χ1n) is 48.8. The predicted molar refractivity (Wildman–Crippen MR) is 581 cm³/mol. The van der Waals surface area contributed by atoms with Crippen LogP contribution in [0.25, 0.3) is 53.9 Å². The van der Waals surface area contributed by atoms with E-state index in [2.05, 4.69) is 314 Å². The Bertz CT molecular complexity index is 4810. The van der Waals surface area contributed by atoms with Gasteiger partial charge < -0.3 is 10.9 Å². The number of hydrogen-bond acceptors (Lipinski definition) is 10. The van der Waals surface area contributed by atoms with E-state index in [1.807, 2.05) is 201 Å². The van der Waals surface area contributed by atoms with E-state index in [9.17, 15) is 0 Å². The lowest BCUT2D eigenvalue weighted by atomic mass is 9.93. The molecule has 0 amide bonds. The highest BCUT2D eigenvalue weighted by Crippen LogP contribution is 2.31. The molecule has 0 heterocycles. The Kier molecular flexibility index (Phi) is 74.1. The van der Waals surface area contributed by atoms with E-state index < -0.39 is 0 Å². The molecule has 0 radical (unpaired) electrons. The minimum atomic E-state index is 0.353. The highest BCUT2D eigenvalue weighted by Gasteiger charge is 2.15. The van der Waals surface area contributed by atoms with Crippen LogP contribution in [0, 0.1) is 0 Å².